The minimum atomic E-state index is -0.638. The Kier molecular flexibility index (Phi) is 6.87. The van der Waals surface area contributed by atoms with E-state index >= 15 is 0 Å². The molecule has 1 atom stereocenters. The van der Waals surface area contributed by atoms with Gasteiger partial charge in [0.25, 0.3) is 6.71 Å². The number of morpholine rings is 1. The summed E-state index contributed by atoms with van der Waals surface area (Å²) in [5.74, 6) is 2.73. The quantitative estimate of drug-likeness (QED) is 0.490. The Balaban J connectivity index is 1.24. The predicted octanol–water partition coefficient (Wildman–Crippen LogP) is 4.77. The van der Waals surface area contributed by atoms with Crippen molar-refractivity contribution in [3.63, 3.8) is 0 Å². The van der Waals surface area contributed by atoms with Crippen LogP contribution in [0.2, 0.25) is 11.6 Å². The third-order valence-corrected chi connectivity index (χ3v) is 7.23. The monoisotopic (exact) mass is 480 g/mol. The summed E-state index contributed by atoms with van der Waals surface area (Å²) >= 11 is 0. The Morgan fingerprint density at radius 3 is 2.53 bits per heavy atom. The molecule has 2 aliphatic rings. The fraction of sp³-hybridized carbons (Fsp3) is 0.333. The van der Waals surface area contributed by atoms with Gasteiger partial charge in [0.2, 0.25) is 11.9 Å². The first kappa shape index (κ1) is 23.8. The molecular formula is C27H29BN6O2. The van der Waals surface area contributed by atoms with E-state index in [1.54, 1.807) is 6.20 Å². The first-order valence-electron chi connectivity index (χ1n) is 12.4. The van der Waals surface area contributed by atoms with Crippen LogP contribution >= 0.6 is 0 Å². The van der Waals surface area contributed by atoms with E-state index in [2.05, 4.69) is 43.6 Å². The van der Waals surface area contributed by atoms with Gasteiger partial charge in [-0.2, -0.15) is 0 Å². The highest BCUT2D eigenvalue weighted by Crippen LogP contribution is 2.44. The lowest BCUT2D eigenvalue weighted by Gasteiger charge is -2.28. The minimum Gasteiger partial charge on any atom is -0.378 e. The van der Waals surface area contributed by atoms with E-state index < -0.39 is 5.31 Å². The standard InChI is InChI=1S/C27H29BN6O2/c1-27(12-2-13-28(27)19-29)25(35)31-21-5-3-20(4-6-21)24-11-14-30-26(33-24)32-22-7-9-23(10-8-22)34-15-17-36-18-16-34/h3-11,14H,2,12-13,15-18H2,1H3,(H,31,35)(H,30,32,33). The van der Waals surface area contributed by atoms with Crippen LogP contribution in [-0.4, -0.2) is 48.9 Å². The molecule has 1 amide bonds. The molecule has 3 heterocycles. The van der Waals surface area contributed by atoms with Crippen LogP contribution in [0.4, 0.5) is 23.0 Å². The van der Waals surface area contributed by atoms with Crippen molar-refractivity contribution in [3.8, 4) is 17.2 Å². The molecule has 182 valence electrons. The maximum atomic E-state index is 12.9. The number of ether oxygens (including phenoxy) is 1. The van der Waals surface area contributed by atoms with Crippen LogP contribution in [0.3, 0.4) is 0 Å². The lowest BCUT2D eigenvalue weighted by atomic mass is 9.36. The summed E-state index contributed by atoms with van der Waals surface area (Å²) in [5.41, 5.74) is 4.50. The predicted molar refractivity (Wildman–Crippen MR) is 143 cm³/mol. The van der Waals surface area contributed by atoms with Crippen LogP contribution in [0.25, 0.3) is 11.3 Å². The maximum Gasteiger partial charge on any atom is 0.283 e. The zero-order valence-corrected chi connectivity index (χ0v) is 20.4. The van der Waals surface area contributed by atoms with E-state index in [0.29, 0.717) is 11.6 Å². The lowest BCUT2D eigenvalue weighted by Crippen LogP contribution is -2.36. The summed E-state index contributed by atoms with van der Waals surface area (Å²) in [7, 11) is 0. The van der Waals surface area contributed by atoms with Gasteiger partial charge < -0.3 is 20.3 Å². The second-order valence-corrected chi connectivity index (χ2v) is 9.56. The van der Waals surface area contributed by atoms with Gasteiger partial charge in [-0.1, -0.05) is 31.8 Å². The van der Waals surface area contributed by atoms with Gasteiger partial charge in [0.1, 0.15) is 0 Å². The molecule has 9 heteroatoms. The van der Waals surface area contributed by atoms with E-state index in [4.69, 9.17) is 4.74 Å². The first-order valence-corrected chi connectivity index (χ1v) is 12.4. The van der Waals surface area contributed by atoms with Gasteiger partial charge in [0.05, 0.1) is 18.9 Å². The average Bonchev–Trinajstić information content (AvgIpc) is 3.32. The fourth-order valence-electron chi connectivity index (χ4n) is 4.93. The highest BCUT2D eigenvalue weighted by Gasteiger charge is 2.48. The van der Waals surface area contributed by atoms with E-state index in [1.165, 1.54) is 5.69 Å². The zero-order chi connectivity index (χ0) is 25.0. The van der Waals surface area contributed by atoms with Crippen LogP contribution < -0.4 is 15.5 Å². The number of nitriles is 1. The number of amides is 1. The third kappa shape index (κ3) is 5.04. The van der Waals surface area contributed by atoms with E-state index in [9.17, 15) is 10.1 Å². The smallest absolute Gasteiger partial charge is 0.283 e. The Morgan fingerprint density at radius 1 is 1.08 bits per heavy atom. The summed E-state index contributed by atoms with van der Waals surface area (Å²) < 4.78 is 5.43. The van der Waals surface area contributed by atoms with E-state index in [1.807, 2.05) is 49.4 Å². The van der Waals surface area contributed by atoms with Gasteiger partial charge in [-0.3, -0.25) is 4.79 Å². The Bertz CT molecular complexity index is 1250. The first-order chi connectivity index (χ1) is 17.5. The summed E-state index contributed by atoms with van der Waals surface area (Å²) in [6.45, 7) is 4.98. The number of anilines is 4. The number of carbonyl (C=O) groups is 1. The molecule has 2 saturated heterocycles. The summed E-state index contributed by atoms with van der Waals surface area (Å²) in [6, 6.07) is 17.7. The highest BCUT2D eigenvalue weighted by molar-refractivity contribution is 6.74. The van der Waals surface area contributed by atoms with Gasteiger partial charge in [-0.05, 0) is 48.9 Å². The SMILES string of the molecule is CC1(C(=O)Nc2ccc(-c3ccnc(Nc4ccc(N5CCOCC5)cc4)n3)cc2)CCCB1C#N. The molecule has 1 unspecified atom stereocenters. The number of rotatable bonds is 6. The van der Waals surface area contributed by atoms with Crippen LogP contribution in [0.5, 0.6) is 0 Å². The van der Waals surface area contributed by atoms with Crippen molar-refractivity contribution in [2.24, 2.45) is 0 Å². The second kappa shape index (κ2) is 10.4. The number of carbonyl (C=O) groups excluding carboxylic acids is 1. The van der Waals surface area contributed by atoms with Crippen molar-refractivity contribution in [2.75, 3.05) is 41.8 Å². The molecule has 2 aromatic carbocycles. The fourth-order valence-corrected chi connectivity index (χ4v) is 4.93. The maximum absolute atomic E-state index is 12.9. The third-order valence-electron chi connectivity index (χ3n) is 7.23. The van der Waals surface area contributed by atoms with Crippen molar-refractivity contribution in [1.82, 2.24) is 9.97 Å². The number of benzene rings is 2. The second-order valence-electron chi connectivity index (χ2n) is 9.56. The van der Waals surface area contributed by atoms with Gasteiger partial charge in [0.15, 0.2) is 0 Å². The number of nitrogens with zero attached hydrogens (tertiary/aromatic N) is 4. The van der Waals surface area contributed by atoms with Crippen LogP contribution in [0.15, 0.2) is 60.8 Å². The Hall–Kier alpha value is -3.90. The molecule has 8 nitrogen and oxygen atoms in total. The van der Waals surface area contributed by atoms with Crippen LogP contribution in [0, 0.1) is 11.2 Å². The van der Waals surface area contributed by atoms with Crippen molar-refractivity contribution in [1.29, 1.82) is 5.26 Å². The normalized spacial score (nSPS) is 19.6. The molecule has 0 spiro atoms. The van der Waals surface area contributed by atoms with Gasteiger partial charge in [0, 0.05) is 53.2 Å². The van der Waals surface area contributed by atoms with Gasteiger partial charge in [-0.25, -0.2) is 15.2 Å². The lowest BCUT2D eigenvalue weighted by molar-refractivity contribution is -0.118. The van der Waals surface area contributed by atoms with Gasteiger partial charge in [-0.15, -0.1) is 0 Å². The molecule has 2 N–H and O–H groups in total. The molecule has 0 radical (unpaired) electrons. The highest BCUT2D eigenvalue weighted by atomic mass is 16.5. The molecule has 0 saturated carbocycles. The van der Waals surface area contributed by atoms with Crippen molar-refractivity contribution in [2.45, 2.75) is 31.4 Å². The Labute approximate surface area is 211 Å². The molecule has 3 aromatic rings. The molecular weight excluding hydrogens is 451 g/mol. The zero-order valence-electron chi connectivity index (χ0n) is 20.4. The van der Waals surface area contributed by atoms with E-state index in [-0.39, 0.29) is 12.6 Å². The molecule has 2 aliphatic heterocycles. The van der Waals surface area contributed by atoms with Crippen LogP contribution in [-0.2, 0) is 9.53 Å². The number of hydrogen-bond donors (Lipinski definition) is 2. The molecule has 0 aliphatic carbocycles. The average molecular weight is 480 g/mol. The molecule has 1 aromatic heterocycles. The van der Waals surface area contributed by atoms with Crippen molar-refractivity contribution >= 4 is 35.6 Å². The molecule has 0 bridgehead atoms. The van der Waals surface area contributed by atoms with E-state index in [0.717, 1.165) is 62.4 Å². The number of nitrogens with one attached hydrogen (secondary N) is 2. The largest absolute Gasteiger partial charge is 0.378 e. The van der Waals surface area contributed by atoms with Crippen molar-refractivity contribution < 1.29 is 9.53 Å². The molecule has 36 heavy (non-hydrogen) atoms. The Morgan fingerprint density at radius 2 is 1.81 bits per heavy atom. The minimum absolute atomic E-state index is 0.0903. The van der Waals surface area contributed by atoms with Gasteiger partial charge >= 0.3 is 0 Å². The molecule has 5 rings (SSSR count). The number of aromatic nitrogens is 2. The van der Waals surface area contributed by atoms with Crippen molar-refractivity contribution in [3.05, 3.63) is 60.8 Å². The topological polar surface area (TPSA) is 103 Å². The number of hydrogen-bond acceptors (Lipinski definition) is 7. The summed E-state index contributed by atoms with van der Waals surface area (Å²) in [5, 5.41) is 15.0. The van der Waals surface area contributed by atoms with Crippen LogP contribution in [0.1, 0.15) is 19.8 Å². The molecule has 2 fully saturated rings. The summed E-state index contributed by atoms with van der Waals surface area (Å²) in [4.78, 5) is 24.2. The summed E-state index contributed by atoms with van der Waals surface area (Å²) in [6.07, 6.45) is 4.15.